The van der Waals surface area contributed by atoms with Crippen LogP contribution in [-0.4, -0.2) is 36.4 Å². The fourth-order valence-corrected chi connectivity index (χ4v) is 3.31. The maximum absolute atomic E-state index is 12.8. The van der Waals surface area contributed by atoms with E-state index in [9.17, 15) is 9.59 Å². The van der Waals surface area contributed by atoms with E-state index in [0.717, 1.165) is 31.5 Å². The van der Waals surface area contributed by atoms with Gasteiger partial charge in [0, 0.05) is 24.5 Å². The SMILES string of the molecule is Cc1cccc(C(=O)NCC2(C)CCNCC2)c1NC(=O)c1ccncc1. The number of aromatic nitrogens is 1. The molecule has 6 nitrogen and oxygen atoms in total. The van der Waals surface area contributed by atoms with E-state index >= 15 is 0 Å². The summed E-state index contributed by atoms with van der Waals surface area (Å²) in [6.45, 7) is 6.66. The number of hydrogen-bond acceptors (Lipinski definition) is 4. The van der Waals surface area contributed by atoms with Gasteiger partial charge < -0.3 is 16.0 Å². The molecule has 1 aliphatic heterocycles. The highest BCUT2D eigenvalue weighted by atomic mass is 16.2. The van der Waals surface area contributed by atoms with Crippen molar-refractivity contribution >= 4 is 17.5 Å². The molecule has 6 heteroatoms. The van der Waals surface area contributed by atoms with Crippen LogP contribution in [-0.2, 0) is 0 Å². The Labute approximate surface area is 159 Å². The van der Waals surface area contributed by atoms with Gasteiger partial charge in [0.1, 0.15) is 0 Å². The zero-order valence-corrected chi connectivity index (χ0v) is 15.8. The number of nitrogens with one attached hydrogen (secondary N) is 3. The van der Waals surface area contributed by atoms with Crippen LogP contribution in [0.3, 0.4) is 0 Å². The van der Waals surface area contributed by atoms with E-state index in [1.165, 1.54) is 0 Å². The number of nitrogens with zero attached hydrogens (tertiary/aromatic N) is 1. The van der Waals surface area contributed by atoms with E-state index in [-0.39, 0.29) is 17.2 Å². The van der Waals surface area contributed by atoms with Crippen LogP contribution in [0.2, 0.25) is 0 Å². The van der Waals surface area contributed by atoms with Crippen LogP contribution in [0.15, 0.2) is 42.7 Å². The predicted molar refractivity (Wildman–Crippen MR) is 106 cm³/mol. The third-order valence-electron chi connectivity index (χ3n) is 5.18. The summed E-state index contributed by atoms with van der Waals surface area (Å²) in [5.74, 6) is -0.422. The second-order valence-corrected chi connectivity index (χ2v) is 7.43. The Morgan fingerprint density at radius 1 is 1.11 bits per heavy atom. The predicted octanol–water partition coefficient (Wildman–Crippen LogP) is 2.76. The molecular weight excluding hydrogens is 340 g/mol. The Kier molecular flexibility index (Phi) is 5.86. The van der Waals surface area contributed by atoms with Crippen LogP contribution in [0, 0.1) is 12.3 Å². The van der Waals surface area contributed by atoms with E-state index in [2.05, 4.69) is 27.9 Å². The number of carbonyl (C=O) groups excluding carboxylic acids is 2. The largest absolute Gasteiger partial charge is 0.351 e. The summed E-state index contributed by atoms with van der Waals surface area (Å²) in [5.41, 5.74) is 2.48. The first-order valence-electron chi connectivity index (χ1n) is 9.28. The van der Waals surface area contributed by atoms with Gasteiger partial charge in [0.2, 0.25) is 0 Å². The molecule has 0 spiro atoms. The van der Waals surface area contributed by atoms with Gasteiger partial charge in [-0.05, 0) is 62.0 Å². The Bertz CT molecular complexity index is 814. The van der Waals surface area contributed by atoms with Gasteiger partial charge in [-0.25, -0.2) is 0 Å². The zero-order valence-electron chi connectivity index (χ0n) is 15.8. The normalized spacial score (nSPS) is 15.8. The van der Waals surface area contributed by atoms with Gasteiger partial charge in [0.25, 0.3) is 11.8 Å². The zero-order chi connectivity index (χ0) is 19.3. The van der Waals surface area contributed by atoms with E-state index < -0.39 is 0 Å². The van der Waals surface area contributed by atoms with Crippen LogP contribution in [0.1, 0.15) is 46.0 Å². The Balaban J connectivity index is 1.74. The maximum Gasteiger partial charge on any atom is 0.255 e. The van der Waals surface area contributed by atoms with Crippen LogP contribution in [0.4, 0.5) is 5.69 Å². The Morgan fingerprint density at radius 2 is 1.81 bits per heavy atom. The van der Waals surface area contributed by atoms with Crippen molar-refractivity contribution < 1.29 is 9.59 Å². The minimum Gasteiger partial charge on any atom is -0.351 e. The molecular formula is C21H26N4O2. The van der Waals surface area contributed by atoms with Crippen molar-refractivity contribution in [1.29, 1.82) is 0 Å². The molecule has 3 N–H and O–H groups in total. The Morgan fingerprint density at radius 3 is 2.52 bits per heavy atom. The molecule has 1 saturated heterocycles. The average Bonchev–Trinajstić information content (AvgIpc) is 2.69. The minimum absolute atomic E-state index is 0.102. The smallest absolute Gasteiger partial charge is 0.255 e. The standard InChI is InChI=1S/C21H26N4O2/c1-15-4-3-5-17(18(15)25-19(26)16-6-10-22-11-7-16)20(27)24-14-21(2)8-12-23-13-9-21/h3-7,10-11,23H,8-9,12-14H2,1-2H3,(H,24,27)(H,25,26). The molecule has 142 valence electrons. The minimum atomic E-state index is -0.258. The van der Waals surface area contributed by atoms with Crippen LogP contribution >= 0.6 is 0 Å². The average molecular weight is 366 g/mol. The van der Waals surface area contributed by atoms with E-state index in [4.69, 9.17) is 0 Å². The summed E-state index contributed by atoms with van der Waals surface area (Å²) in [4.78, 5) is 29.3. The topological polar surface area (TPSA) is 83.1 Å². The van der Waals surface area contributed by atoms with E-state index in [0.29, 0.717) is 23.4 Å². The number of carbonyl (C=O) groups is 2. The van der Waals surface area contributed by atoms with Crippen molar-refractivity contribution in [2.24, 2.45) is 5.41 Å². The molecule has 2 amide bonds. The maximum atomic E-state index is 12.8. The van der Waals surface area contributed by atoms with Gasteiger partial charge in [-0.1, -0.05) is 19.1 Å². The Hall–Kier alpha value is -2.73. The number of para-hydroxylation sites is 1. The van der Waals surface area contributed by atoms with Crippen molar-refractivity contribution in [3.8, 4) is 0 Å². The van der Waals surface area contributed by atoms with Crippen LogP contribution in [0.5, 0.6) is 0 Å². The number of hydrogen-bond donors (Lipinski definition) is 3. The number of pyridine rings is 1. The molecule has 3 rings (SSSR count). The highest BCUT2D eigenvalue weighted by molar-refractivity contribution is 6.09. The van der Waals surface area contributed by atoms with Gasteiger partial charge in [0.15, 0.2) is 0 Å². The highest BCUT2D eigenvalue weighted by Crippen LogP contribution is 2.27. The van der Waals surface area contributed by atoms with Gasteiger partial charge in [-0.2, -0.15) is 0 Å². The molecule has 0 unspecified atom stereocenters. The third kappa shape index (κ3) is 4.71. The van der Waals surface area contributed by atoms with Gasteiger partial charge >= 0.3 is 0 Å². The summed E-state index contributed by atoms with van der Waals surface area (Å²) < 4.78 is 0. The van der Waals surface area contributed by atoms with Crippen molar-refractivity contribution in [2.75, 3.05) is 25.0 Å². The quantitative estimate of drug-likeness (QED) is 0.760. The lowest BCUT2D eigenvalue weighted by atomic mass is 9.81. The molecule has 1 aromatic heterocycles. The van der Waals surface area contributed by atoms with Crippen molar-refractivity contribution in [3.05, 3.63) is 59.4 Å². The fourth-order valence-electron chi connectivity index (χ4n) is 3.31. The molecule has 1 fully saturated rings. The summed E-state index contributed by atoms with van der Waals surface area (Å²) in [7, 11) is 0. The highest BCUT2D eigenvalue weighted by Gasteiger charge is 2.27. The van der Waals surface area contributed by atoms with Crippen molar-refractivity contribution in [2.45, 2.75) is 26.7 Å². The molecule has 2 aromatic rings. The molecule has 2 heterocycles. The molecule has 1 aliphatic rings. The number of rotatable bonds is 5. The summed E-state index contributed by atoms with van der Waals surface area (Å²) in [5, 5.41) is 9.30. The van der Waals surface area contributed by atoms with Gasteiger partial charge in [0.05, 0.1) is 11.3 Å². The van der Waals surface area contributed by atoms with Gasteiger partial charge in [-0.3, -0.25) is 14.6 Å². The van der Waals surface area contributed by atoms with Crippen LogP contribution < -0.4 is 16.0 Å². The summed E-state index contributed by atoms with van der Waals surface area (Å²) >= 11 is 0. The first kappa shape index (κ1) is 19.0. The number of aryl methyl sites for hydroxylation is 1. The molecule has 0 atom stereocenters. The lowest BCUT2D eigenvalue weighted by Gasteiger charge is -2.34. The summed E-state index contributed by atoms with van der Waals surface area (Å²) in [6.07, 6.45) is 5.21. The van der Waals surface area contributed by atoms with E-state index in [1.807, 2.05) is 19.1 Å². The number of piperidine rings is 1. The lowest BCUT2D eigenvalue weighted by Crippen LogP contribution is -2.43. The number of benzene rings is 1. The summed E-state index contributed by atoms with van der Waals surface area (Å²) in [6, 6.07) is 8.75. The van der Waals surface area contributed by atoms with Crippen molar-refractivity contribution in [1.82, 2.24) is 15.6 Å². The molecule has 0 radical (unpaired) electrons. The van der Waals surface area contributed by atoms with E-state index in [1.54, 1.807) is 30.6 Å². The second-order valence-electron chi connectivity index (χ2n) is 7.43. The van der Waals surface area contributed by atoms with Gasteiger partial charge in [-0.15, -0.1) is 0 Å². The first-order chi connectivity index (χ1) is 13.0. The van der Waals surface area contributed by atoms with Crippen LogP contribution in [0.25, 0.3) is 0 Å². The molecule has 0 aliphatic carbocycles. The van der Waals surface area contributed by atoms with Crippen molar-refractivity contribution in [3.63, 3.8) is 0 Å². The first-order valence-corrected chi connectivity index (χ1v) is 9.28. The third-order valence-corrected chi connectivity index (χ3v) is 5.18. The number of anilines is 1. The molecule has 0 saturated carbocycles. The monoisotopic (exact) mass is 366 g/mol. The molecule has 0 bridgehead atoms. The molecule has 1 aromatic carbocycles. The molecule has 27 heavy (non-hydrogen) atoms. The lowest BCUT2D eigenvalue weighted by molar-refractivity contribution is 0.0923. The fraction of sp³-hybridized carbons (Fsp3) is 0.381. The number of amides is 2. The second kappa shape index (κ2) is 8.31.